The predicted octanol–water partition coefficient (Wildman–Crippen LogP) is 2.84. The number of halogens is 2. The summed E-state index contributed by atoms with van der Waals surface area (Å²) >= 11 is 0. The maximum Gasteiger partial charge on any atom is 0.327 e. The smallest absolute Gasteiger partial charge is 0.327 e. The molecule has 1 saturated carbocycles. The van der Waals surface area contributed by atoms with Crippen molar-refractivity contribution in [3.8, 4) is 0 Å². The van der Waals surface area contributed by atoms with Crippen LogP contribution >= 0.6 is 0 Å². The number of nitrogens with one attached hydrogen (secondary N) is 1. The molecular weight excluding hydrogens is 218 g/mol. The molecule has 0 atom stereocenters. The van der Waals surface area contributed by atoms with E-state index in [1.165, 1.54) is 0 Å². The quantitative estimate of drug-likeness (QED) is 0.639. The molecule has 1 N–H and O–H groups in total. The van der Waals surface area contributed by atoms with Crippen LogP contribution in [-0.2, 0) is 0 Å². The molecule has 16 heavy (non-hydrogen) atoms. The van der Waals surface area contributed by atoms with E-state index < -0.39 is 22.2 Å². The van der Waals surface area contributed by atoms with Gasteiger partial charge in [-0.25, -0.2) is 4.39 Å². The largest absolute Gasteiger partial charge is 0.374 e. The third-order valence-corrected chi connectivity index (χ3v) is 2.65. The molecule has 1 aliphatic rings. The second-order valence-electron chi connectivity index (χ2n) is 4.23. The highest BCUT2D eigenvalue weighted by Crippen LogP contribution is 2.41. The van der Waals surface area contributed by atoms with E-state index in [0.29, 0.717) is 6.07 Å². The molecule has 1 fully saturated rings. The maximum absolute atomic E-state index is 13.2. The predicted molar refractivity (Wildman–Crippen MR) is 54.3 cm³/mol. The van der Waals surface area contributed by atoms with Gasteiger partial charge in [-0.1, -0.05) is 0 Å². The van der Waals surface area contributed by atoms with Crippen molar-refractivity contribution >= 4 is 11.4 Å². The van der Waals surface area contributed by atoms with Crippen molar-refractivity contribution in [2.75, 3.05) is 5.32 Å². The lowest BCUT2D eigenvalue weighted by molar-refractivity contribution is -0.386. The minimum Gasteiger partial charge on any atom is -0.374 e. The van der Waals surface area contributed by atoms with Gasteiger partial charge in [-0.05, 0) is 19.8 Å². The molecule has 0 aliphatic heterocycles. The Hall–Kier alpha value is -1.72. The summed E-state index contributed by atoms with van der Waals surface area (Å²) in [6, 6.07) is 1.46. The first-order valence-corrected chi connectivity index (χ1v) is 4.83. The lowest BCUT2D eigenvalue weighted by atomic mass is 10.2. The zero-order valence-corrected chi connectivity index (χ0v) is 8.59. The van der Waals surface area contributed by atoms with Crippen LogP contribution in [0, 0.1) is 21.7 Å². The zero-order chi connectivity index (χ0) is 11.9. The Morgan fingerprint density at radius 1 is 1.44 bits per heavy atom. The van der Waals surface area contributed by atoms with Gasteiger partial charge in [0.25, 0.3) is 0 Å². The molecule has 0 radical (unpaired) electrons. The molecule has 0 saturated heterocycles. The van der Waals surface area contributed by atoms with Gasteiger partial charge in [-0.3, -0.25) is 10.1 Å². The normalized spacial score (nSPS) is 16.9. The second kappa shape index (κ2) is 3.40. The maximum atomic E-state index is 13.2. The lowest BCUT2D eigenvalue weighted by Crippen LogP contribution is -2.17. The van der Waals surface area contributed by atoms with Gasteiger partial charge in [0.15, 0.2) is 0 Å². The van der Waals surface area contributed by atoms with Crippen molar-refractivity contribution in [2.24, 2.45) is 0 Å². The molecule has 0 heterocycles. The van der Waals surface area contributed by atoms with Crippen LogP contribution in [0.1, 0.15) is 19.8 Å². The highest BCUT2D eigenvalue weighted by Gasteiger charge is 2.39. The van der Waals surface area contributed by atoms with Crippen molar-refractivity contribution in [3.63, 3.8) is 0 Å². The van der Waals surface area contributed by atoms with Crippen molar-refractivity contribution < 1.29 is 13.7 Å². The Morgan fingerprint density at radius 2 is 2.06 bits per heavy atom. The fourth-order valence-electron chi connectivity index (χ4n) is 1.48. The number of anilines is 1. The lowest BCUT2D eigenvalue weighted by Gasteiger charge is -2.13. The van der Waals surface area contributed by atoms with E-state index >= 15 is 0 Å². The number of hydrogen-bond acceptors (Lipinski definition) is 3. The molecule has 0 unspecified atom stereocenters. The zero-order valence-electron chi connectivity index (χ0n) is 8.59. The van der Waals surface area contributed by atoms with Crippen LogP contribution < -0.4 is 5.32 Å². The van der Waals surface area contributed by atoms with E-state index in [9.17, 15) is 18.9 Å². The molecule has 0 amide bonds. The Morgan fingerprint density at radius 3 is 2.56 bits per heavy atom. The van der Waals surface area contributed by atoms with Gasteiger partial charge in [0, 0.05) is 17.7 Å². The number of benzene rings is 1. The average molecular weight is 228 g/mol. The standard InChI is InChI=1S/C10H10F2N2O2/c1-10(2-3-10)13-8-5-6(11)4-7(12)9(8)14(15)16/h4-5,13H,2-3H2,1H3. The van der Waals surface area contributed by atoms with Gasteiger partial charge >= 0.3 is 5.69 Å². The summed E-state index contributed by atoms with van der Waals surface area (Å²) in [6.45, 7) is 1.85. The Labute approximate surface area is 90.4 Å². The average Bonchev–Trinajstić information content (AvgIpc) is 2.80. The summed E-state index contributed by atoms with van der Waals surface area (Å²) in [5, 5.41) is 13.5. The summed E-state index contributed by atoms with van der Waals surface area (Å²) in [5.74, 6) is -1.98. The van der Waals surface area contributed by atoms with Crippen LogP contribution in [0.5, 0.6) is 0 Å². The van der Waals surface area contributed by atoms with Crippen molar-refractivity contribution in [2.45, 2.75) is 25.3 Å². The third-order valence-electron chi connectivity index (χ3n) is 2.65. The van der Waals surface area contributed by atoms with E-state index in [4.69, 9.17) is 0 Å². The van der Waals surface area contributed by atoms with Crippen molar-refractivity contribution in [3.05, 3.63) is 33.9 Å². The number of nitrogens with zero attached hydrogens (tertiary/aromatic N) is 1. The first-order valence-electron chi connectivity index (χ1n) is 4.83. The number of nitro benzene ring substituents is 1. The molecule has 2 rings (SSSR count). The van der Waals surface area contributed by atoms with Crippen molar-refractivity contribution in [1.29, 1.82) is 0 Å². The van der Waals surface area contributed by atoms with Gasteiger partial charge in [0.2, 0.25) is 5.82 Å². The molecule has 1 aromatic carbocycles. The third kappa shape index (κ3) is 1.95. The fourth-order valence-corrected chi connectivity index (χ4v) is 1.48. The van der Waals surface area contributed by atoms with Crippen LogP contribution in [-0.4, -0.2) is 10.5 Å². The molecule has 4 nitrogen and oxygen atoms in total. The van der Waals surface area contributed by atoms with E-state index in [1.54, 1.807) is 0 Å². The molecular formula is C10H10F2N2O2. The van der Waals surface area contributed by atoms with E-state index in [1.807, 2.05) is 6.92 Å². The molecule has 1 aliphatic carbocycles. The summed E-state index contributed by atoms with van der Waals surface area (Å²) in [7, 11) is 0. The Balaban J connectivity index is 2.44. The van der Waals surface area contributed by atoms with Crippen LogP contribution in [0.15, 0.2) is 12.1 Å². The summed E-state index contributed by atoms with van der Waals surface area (Å²) in [5.41, 5.74) is -1.07. The Kier molecular flexibility index (Phi) is 2.29. The summed E-state index contributed by atoms with van der Waals surface area (Å²) in [4.78, 5) is 9.82. The van der Waals surface area contributed by atoms with Gasteiger partial charge in [-0.15, -0.1) is 0 Å². The van der Waals surface area contributed by atoms with Crippen molar-refractivity contribution in [1.82, 2.24) is 0 Å². The fraction of sp³-hybridized carbons (Fsp3) is 0.400. The van der Waals surface area contributed by atoms with Crippen LogP contribution in [0.2, 0.25) is 0 Å². The van der Waals surface area contributed by atoms with Gasteiger partial charge in [0.05, 0.1) is 4.92 Å². The second-order valence-corrected chi connectivity index (χ2v) is 4.23. The first-order chi connectivity index (χ1) is 7.41. The van der Waals surface area contributed by atoms with Crippen LogP contribution in [0.25, 0.3) is 0 Å². The number of nitro groups is 1. The summed E-state index contributed by atoms with van der Waals surface area (Å²) in [6.07, 6.45) is 1.67. The highest BCUT2D eigenvalue weighted by atomic mass is 19.1. The summed E-state index contributed by atoms with van der Waals surface area (Å²) < 4.78 is 26.2. The monoisotopic (exact) mass is 228 g/mol. The first kappa shape index (κ1) is 10.8. The minimum atomic E-state index is -1.16. The molecule has 0 spiro atoms. The minimum absolute atomic E-state index is 0.0949. The van der Waals surface area contributed by atoms with E-state index in [-0.39, 0.29) is 11.2 Å². The van der Waals surface area contributed by atoms with Crippen LogP contribution in [0.4, 0.5) is 20.2 Å². The van der Waals surface area contributed by atoms with Gasteiger partial charge < -0.3 is 5.32 Å². The van der Waals surface area contributed by atoms with E-state index in [2.05, 4.69) is 5.32 Å². The van der Waals surface area contributed by atoms with Crippen LogP contribution in [0.3, 0.4) is 0 Å². The van der Waals surface area contributed by atoms with Gasteiger partial charge in [0.1, 0.15) is 11.5 Å². The number of hydrogen-bond donors (Lipinski definition) is 1. The molecule has 1 aromatic rings. The molecule has 6 heteroatoms. The SMILES string of the molecule is CC1(Nc2cc(F)cc(F)c2[N+](=O)[O-])CC1. The Bertz CT molecular complexity index is 458. The van der Waals surface area contributed by atoms with E-state index in [0.717, 1.165) is 18.9 Å². The number of rotatable bonds is 3. The molecule has 0 bridgehead atoms. The highest BCUT2D eigenvalue weighted by molar-refractivity contribution is 5.64. The molecule has 0 aromatic heterocycles. The molecule has 86 valence electrons. The topological polar surface area (TPSA) is 55.2 Å². The van der Waals surface area contributed by atoms with Gasteiger partial charge in [-0.2, -0.15) is 4.39 Å².